The molecule has 2 aromatic rings. The minimum absolute atomic E-state index is 0.0161. The normalized spacial score (nSPS) is 15.8. The lowest BCUT2D eigenvalue weighted by Gasteiger charge is -2.22. The van der Waals surface area contributed by atoms with E-state index in [9.17, 15) is 15.2 Å². The number of H-pyrrole nitrogens is 1. The minimum atomic E-state index is -0.320. The number of nitrogens with zero attached hydrogens (tertiary/aromatic N) is 2. The van der Waals surface area contributed by atoms with Crippen molar-refractivity contribution in [1.29, 1.82) is 5.26 Å². The molecule has 1 heterocycles. The van der Waals surface area contributed by atoms with Crippen molar-refractivity contribution in [3.8, 4) is 6.07 Å². The van der Waals surface area contributed by atoms with Crippen molar-refractivity contribution in [3.05, 3.63) is 35.8 Å². The largest absolute Gasteiger partial charge is 0.507 e. The van der Waals surface area contributed by atoms with Crippen molar-refractivity contribution >= 4 is 22.6 Å². The fourth-order valence-corrected chi connectivity index (χ4v) is 2.30. The Hall–Kier alpha value is -2.81. The van der Waals surface area contributed by atoms with Crippen LogP contribution in [0.25, 0.3) is 16.6 Å². The molecule has 2 N–H and O–H groups in total. The molecule has 0 amide bonds. The molecule has 0 bridgehead atoms. The number of aliphatic hydroxyl groups excluding tert-OH is 1. The SMILES string of the molecule is N#C/C(=C(/O)COC(=O)C1CCC1)c1nc2ccccc2[nH]1. The number of allylic oxidation sites excluding steroid dienone is 1. The second-order valence-corrected chi connectivity index (χ2v) is 5.27. The van der Waals surface area contributed by atoms with Crippen LogP contribution in [-0.4, -0.2) is 27.7 Å². The van der Waals surface area contributed by atoms with Gasteiger partial charge in [0.25, 0.3) is 0 Å². The van der Waals surface area contributed by atoms with Gasteiger partial charge in [0.2, 0.25) is 0 Å². The molecule has 0 unspecified atom stereocenters. The summed E-state index contributed by atoms with van der Waals surface area (Å²) in [5.41, 5.74) is 1.45. The molecule has 1 saturated carbocycles. The first-order valence-corrected chi connectivity index (χ1v) is 7.13. The third kappa shape index (κ3) is 2.66. The van der Waals surface area contributed by atoms with Crippen LogP contribution in [0.1, 0.15) is 25.1 Å². The molecule has 0 spiro atoms. The lowest BCUT2D eigenvalue weighted by molar-refractivity contribution is -0.151. The standard InChI is InChI=1S/C16H15N3O3/c17-8-11(14(20)9-22-16(21)10-4-3-5-10)15-18-12-6-1-2-7-13(12)19-15/h1-2,6-7,10,20H,3-5,9H2,(H,18,19)/b14-11-. The number of carbonyl (C=O) groups is 1. The molecule has 1 aliphatic rings. The summed E-state index contributed by atoms with van der Waals surface area (Å²) in [5.74, 6) is -0.417. The molecule has 22 heavy (non-hydrogen) atoms. The Bertz CT molecular complexity index is 748. The lowest BCUT2D eigenvalue weighted by Crippen LogP contribution is -2.24. The highest BCUT2D eigenvalue weighted by atomic mass is 16.5. The summed E-state index contributed by atoms with van der Waals surface area (Å²) in [6.07, 6.45) is 2.69. The number of para-hydroxylation sites is 2. The molecule has 1 fully saturated rings. The van der Waals surface area contributed by atoms with Crippen LogP contribution in [0.3, 0.4) is 0 Å². The van der Waals surface area contributed by atoms with Gasteiger partial charge in [-0.3, -0.25) is 4.79 Å². The Balaban J connectivity index is 1.78. The third-order valence-electron chi connectivity index (χ3n) is 3.82. The summed E-state index contributed by atoms with van der Waals surface area (Å²) < 4.78 is 5.05. The number of nitrogens with one attached hydrogen (secondary N) is 1. The van der Waals surface area contributed by atoms with Crippen LogP contribution >= 0.6 is 0 Å². The number of nitriles is 1. The van der Waals surface area contributed by atoms with Crippen LogP contribution in [0, 0.1) is 17.2 Å². The Morgan fingerprint density at radius 1 is 1.45 bits per heavy atom. The van der Waals surface area contributed by atoms with E-state index < -0.39 is 0 Å². The number of aliphatic hydroxyl groups is 1. The van der Waals surface area contributed by atoms with Crippen molar-refractivity contribution < 1.29 is 14.6 Å². The van der Waals surface area contributed by atoms with Crippen molar-refractivity contribution in [2.24, 2.45) is 5.92 Å². The summed E-state index contributed by atoms with van der Waals surface area (Å²) in [4.78, 5) is 18.9. The van der Waals surface area contributed by atoms with Crippen LogP contribution in [0.2, 0.25) is 0 Å². The molecule has 1 aromatic carbocycles. The highest BCUT2D eigenvalue weighted by Gasteiger charge is 2.27. The lowest BCUT2D eigenvalue weighted by atomic mass is 9.86. The summed E-state index contributed by atoms with van der Waals surface area (Å²) in [6.45, 7) is -0.310. The van der Waals surface area contributed by atoms with Gasteiger partial charge >= 0.3 is 5.97 Å². The number of ether oxygens (including phenoxy) is 1. The van der Waals surface area contributed by atoms with Gasteiger partial charge in [-0.25, -0.2) is 4.98 Å². The molecule has 6 heteroatoms. The molecular formula is C16H15N3O3. The monoisotopic (exact) mass is 297 g/mol. The number of carbonyl (C=O) groups excluding carboxylic acids is 1. The maximum absolute atomic E-state index is 11.7. The average Bonchev–Trinajstić information content (AvgIpc) is 2.87. The number of imidazole rings is 1. The Kier molecular flexibility index (Phi) is 3.79. The van der Waals surface area contributed by atoms with E-state index in [2.05, 4.69) is 9.97 Å². The third-order valence-corrected chi connectivity index (χ3v) is 3.82. The van der Waals surface area contributed by atoms with Gasteiger partial charge in [-0.2, -0.15) is 5.26 Å². The maximum Gasteiger partial charge on any atom is 0.309 e. The van der Waals surface area contributed by atoms with Gasteiger partial charge in [-0.15, -0.1) is 0 Å². The van der Waals surface area contributed by atoms with E-state index in [0.717, 1.165) is 24.8 Å². The van der Waals surface area contributed by atoms with Crippen LogP contribution in [0.4, 0.5) is 0 Å². The maximum atomic E-state index is 11.7. The molecule has 0 saturated heterocycles. The number of hydrogen-bond acceptors (Lipinski definition) is 5. The number of aromatic nitrogens is 2. The first kappa shape index (κ1) is 14.1. The van der Waals surface area contributed by atoms with Gasteiger partial charge in [0.1, 0.15) is 18.2 Å². The summed E-state index contributed by atoms with van der Waals surface area (Å²) in [5, 5.41) is 19.3. The molecule has 0 atom stereocenters. The van der Waals surface area contributed by atoms with E-state index in [1.165, 1.54) is 0 Å². The van der Waals surface area contributed by atoms with Gasteiger partial charge in [-0.05, 0) is 25.0 Å². The number of hydrogen-bond donors (Lipinski definition) is 2. The van der Waals surface area contributed by atoms with Crippen molar-refractivity contribution in [2.75, 3.05) is 6.61 Å². The average molecular weight is 297 g/mol. The fraction of sp³-hybridized carbons (Fsp3) is 0.312. The van der Waals surface area contributed by atoms with Crippen molar-refractivity contribution in [3.63, 3.8) is 0 Å². The molecule has 1 aromatic heterocycles. The number of rotatable bonds is 4. The molecule has 0 aliphatic heterocycles. The zero-order chi connectivity index (χ0) is 15.5. The molecule has 112 valence electrons. The predicted molar refractivity (Wildman–Crippen MR) is 79.6 cm³/mol. The Morgan fingerprint density at radius 2 is 2.23 bits per heavy atom. The zero-order valence-corrected chi connectivity index (χ0v) is 11.9. The van der Waals surface area contributed by atoms with E-state index in [1.54, 1.807) is 6.07 Å². The number of benzene rings is 1. The van der Waals surface area contributed by atoms with Gasteiger partial charge < -0.3 is 14.8 Å². The topological polar surface area (TPSA) is 99.0 Å². The molecule has 3 rings (SSSR count). The second-order valence-electron chi connectivity index (χ2n) is 5.27. The number of aromatic amines is 1. The van der Waals surface area contributed by atoms with E-state index in [0.29, 0.717) is 5.52 Å². The van der Waals surface area contributed by atoms with E-state index in [-0.39, 0.29) is 35.7 Å². The number of esters is 1. The summed E-state index contributed by atoms with van der Waals surface area (Å²) in [7, 11) is 0. The first-order valence-electron chi connectivity index (χ1n) is 7.13. The fourth-order valence-electron chi connectivity index (χ4n) is 2.30. The predicted octanol–water partition coefficient (Wildman–Crippen LogP) is 2.70. The minimum Gasteiger partial charge on any atom is -0.507 e. The van der Waals surface area contributed by atoms with E-state index in [4.69, 9.17) is 4.74 Å². The Labute approximate surface area is 127 Å². The molecular weight excluding hydrogens is 282 g/mol. The molecule has 1 aliphatic carbocycles. The van der Waals surface area contributed by atoms with Gasteiger partial charge in [-0.1, -0.05) is 18.6 Å². The highest BCUT2D eigenvalue weighted by molar-refractivity contribution is 5.83. The summed E-state index contributed by atoms with van der Waals surface area (Å²) in [6, 6.07) is 9.22. The Morgan fingerprint density at radius 3 is 2.86 bits per heavy atom. The highest BCUT2D eigenvalue weighted by Crippen LogP contribution is 2.27. The van der Waals surface area contributed by atoms with Crippen LogP contribution < -0.4 is 0 Å². The van der Waals surface area contributed by atoms with Gasteiger partial charge in [0.05, 0.1) is 17.0 Å². The quantitative estimate of drug-likeness (QED) is 0.513. The van der Waals surface area contributed by atoms with E-state index >= 15 is 0 Å². The zero-order valence-electron chi connectivity index (χ0n) is 11.9. The number of fused-ring (bicyclic) bond motifs is 1. The molecule has 6 nitrogen and oxygen atoms in total. The van der Waals surface area contributed by atoms with Crippen LogP contribution in [-0.2, 0) is 9.53 Å². The summed E-state index contributed by atoms with van der Waals surface area (Å²) >= 11 is 0. The van der Waals surface area contributed by atoms with Gasteiger partial charge in [0, 0.05) is 0 Å². The van der Waals surface area contributed by atoms with Crippen LogP contribution in [0.15, 0.2) is 30.0 Å². The second kappa shape index (κ2) is 5.90. The van der Waals surface area contributed by atoms with Crippen molar-refractivity contribution in [1.82, 2.24) is 9.97 Å². The molecule has 0 radical (unpaired) electrons. The first-order chi connectivity index (χ1) is 10.7. The smallest absolute Gasteiger partial charge is 0.309 e. The van der Waals surface area contributed by atoms with Crippen LogP contribution in [0.5, 0.6) is 0 Å². The van der Waals surface area contributed by atoms with E-state index in [1.807, 2.05) is 24.3 Å². The van der Waals surface area contributed by atoms with Crippen molar-refractivity contribution in [2.45, 2.75) is 19.3 Å². The van der Waals surface area contributed by atoms with Gasteiger partial charge in [0.15, 0.2) is 11.6 Å².